The lowest BCUT2D eigenvalue weighted by molar-refractivity contribution is -0.203. The smallest absolute Gasteiger partial charge is 0.305 e. The highest BCUT2D eigenvalue weighted by atomic mass is 17.1. The molecule has 6 nitrogen and oxygen atoms in total. The zero-order valence-corrected chi connectivity index (χ0v) is 11.7. The van der Waals surface area contributed by atoms with Crippen LogP contribution in [-0.4, -0.2) is 29.4 Å². The molecule has 6 heteroatoms. The van der Waals surface area contributed by atoms with E-state index < -0.39 is 5.97 Å². The highest BCUT2D eigenvalue weighted by Crippen LogP contribution is 2.25. The molecule has 20 heavy (non-hydrogen) atoms. The molecule has 0 unspecified atom stereocenters. The molecule has 0 saturated carbocycles. The molecule has 1 aromatic rings. The van der Waals surface area contributed by atoms with Crippen LogP contribution in [-0.2, 0) is 9.68 Å². The molecule has 110 valence electrons. The number of nitrogens with two attached hydrogens (primary N) is 1. The minimum absolute atomic E-state index is 0.0266. The minimum atomic E-state index is -0.894. The van der Waals surface area contributed by atoms with Crippen molar-refractivity contribution >= 4 is 17.3 Å². The lowest BCUT2D eigenvalue weighted by Crippen LogP contribution is -2.28. The second-order valence-corrected chi connectivity index (χ2v) is 4.69. The van der Waals surface area contributed by atoms with Gasteiger partial charge in [-0.05, 0) is 37.1 Å². The molecule has 0 bridgehead atoms. The number of benzene rings is 1. The van der Waals surface area contributed by atoms with Crippen LogP contribution in [0.1, 0.15) is 17.5 Å². The van der Waals surface area contributed by atoms with Crippen molar-refractivity contribution in [1.82, 2.24) is 0 Å². The quantitative estimate of drug-likeness (QED) is 0.306. The van der Waals surface area contributed by atoms with E-state index >= 15 is 0 Å². The van der Waals surface area contributed by atoms with Crippen molar-refractivity contribution in [3.8, 4) is 0 Å². The van der Waals surface area contributed by atoms with Gasteiger partial charge in [0.05, 0.1) is 13.0 Å². The van der Waals surface area contributed by atoms with E-state index in [9.17, 15) is 4.79 Å². The van der Waals surface area contributed by atoms with Crippen molar-refractivity contribution < 1.29 is 20.0 Å². The third kappa shape index (κ3) is 4.17. The average molecular weight is 280 g/mol. The van der Waals surface area contributed by atoms with Gasteiger partial charge in [0.2, 0.25) is 0 Å². The molecule has 0 aliphatic rings. The number of carbonyl (C=O) groups is 1. The van der Waals surface area contributed by atoms with Crippen LogP contribution >= 0.6 is 0 Å². The van der Waals surface area contributed by atoms with Gasteiger partial charge in [0.15, 0.2) is 5.76 Å². The van der Waals surface area contributed by atoms with Crippen LogP contribution in [0.3, 0.4) is 0 Å². The van der Waals surface area contributed by atoms with Crippen LogP contribution < -0.4 is 10.6 Å². The fraction of sp³-hybridized carbons (Fsp3) is 0.357. The number of carboxylic acids is 1. The third-order valence-electron chi connectivity index (χ3n) is 3.04. The summed E-state index contributed by atoms with van der Waals surface area (Å²) in [5, 5.41) is 17.4. The van der Waals surface area contributed by atoms with E-state index in [-0.39, 0.29) is 25.3 Å². The number of carboxylic acid groups (broad SMARTS) is 1. The van der Waals surface area contributed by atoms with Gasteiger partial charge >= 0.3 is 5.97 Å². The van der Waals surface area contributed by atoms with Crippen LogP contribution in [0, 0.1) is 13.8 Å². The Balaban J connectivity index is 3.02. The lowest BCUT2D eigenvalue weighted by Gasteiger charge is -2.25. The van der Waals surface area contributed by atoms with Gasteiger partial charge in [-0.3, -0.25) is 4.79 Å². The predicted octanol–water partition coefficient (Wildman–Crippen LogP) is 2.17. The Morgan fingerprint density at radius 3 is 2.40 bits per heavy atom. The highest BCUT2D eigenvalue weighted by Gasteiger charge is 2.13. The molecule has 0 amide bonds. The Morgan fingerprint density at radius 2 is 1.95 bits per heavy atom. The molecule has 0 saturated heterocycles. The zero-order chi connectivity index (χ0) is 15.3. The van der Waals surface area contributed by atoms with Gasteiger partial charge in [0.1, 0.15) is 0 Å². The molecule has 0 atom stereocenters. The summed E-state index contributed by atoms with van der Waals surface area (Å²) >= 11 is 0. The molecular weight excluding hydrogens is 260 g/mol. The van der Waals surface area contributed by atoms with Crippen LogP contribution in [0.4, 0.5) is 11.4 Å². The first-order chi connectivity index (χ1) is 9.35. The second kappa shape index (κ2) is 6.81. The molecule has 0 aliphatic heterocycles. The number of aryl methyl sites for hydroxylation is 2. The summed E-state index contributed by atoms with van der Waals surface area (Å²) in [5.74, 6) is -0.753. The SMILES string of the molecule is C=C(CN(CCC(=O)O)c1cc(C)c(N)c(C)c1)OO. The predicted molar refractivity (Wildman–Crippen MR) is 77.6 cm³/mol. The number of rotatable bonds is 7. The van der Waals surface area contributed by atoms with Crippen molar-refractivity contribution in [2.75, 3.05) is 23.7 Å². The Morgan fingerprint density at radius 1 is 1.40 bits per heavy atom. The third-order valence-corrected chi connectivity index (χ3v) is 3.04. The number of anilines is 2. The van der Waals surface area contributed by atoms with Gasteiger partial charge in [-0.25, -0.2) is 5.26 Å². The molecule has 0 spiro atoms. The van der Waals surface area contributed by atoms with Crippen molar-refractivity contribution in [1.29, 1.82) is 0 Å². The Hall–Kier alpha value is -2.21. The van der Waals surface area contributed by atoms with Gasteiger partial charge in [-0.2, -0.15) is 0 Å². The van der Waals surface area contributed by atoms with E-state index in [1.54, 1.807) is 4.90 Å². The Labute approximate surface area is 118 Å². The van der Waals surface area contributed by atoms with E-state index in [1.807, 2.05) is 26.0 Å². The number of nitrogens with zero attached hydrogens (tertiary/aromatic N) is 1. The van der Waals surface area contributed by atoms with Crippen LogP contribution in [0.5, 0.6) is 0 Å². The maximum Gasteiger partial charge on any atom is 0.305 e. The Kier molecular flexibility index (Phi) is 5.40. The fourth-order valence-corrected chi connectivity index (χ4v) is 1.91. The largest absolute Gasteiger partial charge is 0.481 e. The summed E-state index contributed by atoms with van der Waals surface area (Å²) in [6, 6.07) is 3.74. The molecular formula is C14H20N2O4. The molecule has 1 rings (SSSR count). The van der Waals surface area contributed by atoms with E-state index in [1.165, 1.54) is 0 Å². The monoisotopic (exact) mass is 280 g/mol. The topological polar surface area (TPSA) is 96.0 Å². The van der Waals surface area contributed by atoms with Gasteiger partial charge in [-0.15, -0.1) is 0 Å². The summed E-state index contributed by atoms with van der Waals surface area (Å²) in [5.41, 5.74) is 9.26. The zero-order valence-electron chi connectivity index (χ0n) is 11.7. The maximum atomic E-state index is 10.7. The number of nitrogen functional groups attached to an aromatic ring is 1. The van der Waals surface area contributed by atoms with Gasteiger partial charge in [0, 0.05) is 17.9 Å². The van der Waals surface area contributed by atoms with Crippen molar-refractivity contribution in [3.05, 3.63) is 35.6 Å². The second-order valence-electron chi connectivity index (χ2n) is 4.69. The summed E-state index contributed by atoms with van der Waals surface area (Å²) in [7, 11) is 0. The normalized spacial score (nSPS) is 10.2. The standard InChI is InChI=1S/C14H20N2O4/c1-9-6-12(7-10(2)14(9)15)16(5-4-13(17)18)8-11(3)20-19/h6-7,19H,3-5,8,15H2,1-2H3,(H,17,18). The number of aliphatic carboxylic acids is 1. The first-order valence-corrected chi connectivity index (χ1v) is 6.17. The van der Waals surface area contributed by atoms with Crippen molar-refractivity contribution in [2.45, 2.75) is 20.3 Å². The van der Waals surface area contributed by atoms with Crippen LogP contribution in [0.15, 0.2) is 24.5 Å². The van der Waals surface area contributed by atoms with Crippen LogP contribution in [0.25, 0.3) is 0 Å². The summed E-state index contributed by atoms with van der Waals surface area (Å²) in [6.45, 7) is 7.80. The van der Waals surface area contributed by atoms with E-state index in [0.717, 1.165) is 16.8 Å². The van der Waals surface area contributed by atoms with Gasteiger partial charge in [0.25, 0.3) is 0 Å². The fourth-order valence-electron chi connectivity index (χ4n) is 1.91. The molecule has 0 heterocycles. The Bertz CT molecular complexity index is 491. The molecule has 0 radical (unpaired) electrons. The molecule has 0 fully saturated rings. The first kappa shape index (κ1) is 15.8. The molecule has 0 aromatic heterocycles. The van der Waals surface area contributed by atoms with E-state index in [2.05, 4.69) is 11.5 Å². The summed E-state index contributed by atoms with van der Waals surface area (Å²) in [6.07, 6.45) is -0.0266. The molecule has 0 aliphatic carbocycles. The number of hydrogen-bond donors (Lipinski definition) is 3. The lowest BCUT2D eigenvalue weighted by atomic mass is 10.1. The first-order valence-electron chi connectivity index (χ1n) is 6.17. The van der Waals surface area contributed by atoms with Crippen molar-refractivity contribution in [3.63, 3.8) is 0 Å². The summed E-state index contributed by atoms with van der Waals surface area (Å²) < 4.78 is 0. The van der Waals surface area contributed by atoms with Crippen molar-refractivity contribution in [2.24, 2.45) is 0 Å². The molecule has 4 N–H and O–H groups in total. The average Bonchev–Trinajstić information content (AvgIpc) is 2.39. The molecule has 1 aromatic carbocycles. The number of hydrogen-bond acceptors (Lipinski definition) is 5. The van der Waals surface area contributed by atoms with E-state index in [0.29, 0.717) is 5.69 Å². The van der Waals surface area contributed by atoms with Gasteiger partial charge in [-0.1, -0.05) is 6.58 Å². The summed E-state index contributed by atoms with van der Waals surface area (Å²) in [4.78, 5) is 16.6. The highest BCUT2D eigenvalue weighted by molar-refractivity contribution is 5.68. The van der Waals surface area contributed by atoms with Crippen LogP contribution in [0.2, 0.25) is 0 Å². The van der Waals surface area contributed by atoms with Gasteiger partial charge < -0.3 is 20.6 Å². The minimum Gasteiger partial charge on any atom is -0.481 e. The maximum absolute atomic E-state index is 10.7. The van der Waals surface area contributed by atoms with E-state index in [4.69, 9.17) is 16.1 Å².